The van der Waals surface area contributed by atoms with E-state index in [1.807, 2.05) is 6.07 Å². The average Bonchev–Trinajstić information content (AvgIpc) is 2.89. The number of nitriles is 1. The minimum absolute atomic E-state index is 0.294. The smallest absolute Gasteiger partial charge is 0.343 e. The zero-order valence-corrected chi connectivity index (χ0v) is 19.9. The van der Waals surface area contributed by atoms with E-state index >= 15 is 0 Å². The number of unbranched alkanes of at least 4 members (excludes halogenated alkanes) is 5. The van der Waals surface area contributed by atoms with Crippen molar-refractivity contribution in [3.05, 3.63) is 89.5 Å². The van der Waals surface area contributed by atoms with Gasteiger partial charge in [-0.15, -0.1) is 0 Å². The highest BCUT2D eigenvalue weighted by molar-refractivity contribution is 5.92. The van der Waals surface area contributed by atoms with Gasteiger partial charge < -0.3 is 14.2 Å². The molecule has 0 bridgehead atoms. The normalized spacial score (nSPS) is 10.3. The number of benzene rings is 3. The molecular formula is C29H29NO5. The molecule has 0 aromatic heterocycles. The quantitative estimate of drug-likeness (QED) is 0.165. The van der Waals surface area contributed by atoms with Crippen molar-refractivity contribution >= 4 is 11.9 Å². The van der Waals surface area contributed by atoms with E-state index in [0.29, 0.717) is 34.8 Å². The summed E-state index contributed by atoms with van der Waals surface area (Å²) in [6.07, 6.45) is 7.26. The van der Waals surface area contributed by atoms with Crippen molar-refractivity contribution in [2.75, 3.05) is 6.61 Å². The van der Waals surface area contributed by atoms with Crippen LogP contribution in [0.3, 0.4) is 0 Å². The molecule has 6 heteroatoms. The van der Waals surface area contributed by atoms with Crippen molar-refractivity contribution in [1.82, 2.24) is 0 Å². The number of nitrogens with zero attached hydrogens (tertiary/aromatic N) is 1. The first kappa shape index (κ1) is 25.5. The Bertz CT molecular complexity index is 1130. The zero-order valence-electron chi connectivity index (χ0n) is 19.9. The molecule has 3 aromatic rings. The van der Waals surface area contributed by atoms with Gasteiger partial charge in [-0.1, -0.05) is 39.0 Å². The minimum Gasteiger partial charge on any atom is -0.494 e. The van der Waals surface area contributed by atoms with Crippen LogP contribution in [0.5, 0.6) is 17.2 Å². The van der Waals surface area contributed by atoms with Crippen LogP contribution in [0.15, 0.2) is 72.8 Å². The molecule has 0 fully saturated rings. The Hall–Kier alpha value is -4.11. The number of hydrogen-bond acceptors (Lipinski definition) is 6. The topological polar surface area (TPSA) is 85.6 Å². The van der Waals surface area contributed by atoms with Crippen molar-refractivity contribution in [3.8, 4) is 23.3 Å². The molecule has 3 rings (SSSR count). The molecule has 0 atom stereocenters. The van der Waals surface area contributed by atoms with Crippen LogP contribution in [0.25, 0.3) is 0 Å². The van der Waals surface area contributed by atoms with Crippen LogP contribution < -0.4 is 14.2 Å². The van der Waals surface area contributed by atoms with Crippen molar-refractivity contribution in [2.24, 2.45) is 0 Å². The highest BCUT2D eigenvalue weighted by Crippen LogP contribution is 2.20. The maximum absolute atomic E-state index is 12.4. The van der Waals surface area contributed by atoms with Crippen LogP contribution in [0.1, 0.15) is 71.7 Å². The highest BCUT2D eigenvalue weighted by Gasteiger charge is 2.12. The average molecular weight is 472 g/mol. The van der Waals surface area contributed by atoms with E-state index in [2.05, 4.69) is 6.92 Å². The summed E-state index contributed by atoms with van der Waals surface area (Å²) in [6.45, 7) is 2.88. The Morgan fingerprint density at radius 1 is 0.657 bits per heavy atom. The molecule has 0 amide bonds. The van der Waals surface area contributed by atoms with Gasteiger partial charge in [0.15, 0.2) is 0 Å². The van der Waals surface area contributed by atoms with Gasteiger partial charge in [0.25, 0.3) is 0 Å². The van der Waals surface area contributed by atoms with Crippen molar-refractivity contribution in [1.29, 1.82) is 5.26 Å². The van der Waals surface area contributed by atoms with E-state index in [9.17, 15) is 9.59 Å². The Balaban J connectivity index is 1.44. The summed E-state index contributed by atoms with van der Waals surface area (Å²) in [5.74, 6) is 0.382. The van der Waals surface area contributed by atoms with Crippen LogP contribution in [0.2, 0.25) is 0 Å². The largest absolute Gasteiger partial charge is 0.494 e. The van der Waals surface area contributed by atoms with Crippen LogP contribution in [-0.2, 0) is 0 Å². The van der Waals surface area contributed by atoms with E-state index in [4.69, 9.17) is 19.5 Å². The summed E-state index contributed by atoms with van der Waals surface area (Å²) in [5.41, 5.74) is 1.11. The summed E-state index contributed by atoms with van der Waals surface area (Å²) in [7, 11) is 0. The third kappa shape index (κ3) is 8.31. The molecule has 0 aliphatic carbocycles. The monoisotopic (exact) mass is 471 g/mol. The third-order valence-electron chi connectivity index (χ3n) is 5.35. The SMILES string of the molecule is CCCCCCCCOc1ccc(OC(=O)c2ccc(OC(=O)c3ccc(C#N)cc3)cc2)cc1. The number of carbonyl (C=O) groups is 2. The molecule has 6 nitrogen and oxygen atoms in total. The van der Waals surface area contributed by atoms with E-state index in [-0.39, 0.29) is 0 Å². The van der Waals surface area contributed by atoms with Crippen LogP contribution >= 0.6 is 0 Å². The summed E-state index contributed by atoms with van der Waals surface area (Å²) in [5, 5.41) is 8.84. The second-order valence-corrected chi connectivity index (χ2v) is 8.08. The molecule has 0 unspecified atom stereocenters. The lowest BCUT2D eigenvalue weighted by molar-refractivity contribution is 0.0730. The van der Waals surface area contributed by atoms with Gasteiger partial charge in [-0.25, -0.2) is 9.59 Å². The van der Waals surface area contributed by atoms with Gasteiger partial charge in [0.2, 0.25) is 0 Å². The summed E-state index contributed by atoms with van der Waals surface area (Å²) in [4.78, 5) is 24.7. The molecule has 0 N–H and O–H groups in total. The molecule has 0 aliphatic heterocycles. The lowest BCUT2D eigenvalue weighted by Crippen LogP contribution is -2.10. The molecule has 3 aromatic carbocycles. The fourth-order valence-electron chi connectivity index (χ4n) is 3.35. The number of esters is 2. The number of hydrogen-bond donors (Lipinski definition) is 0. The van der Waals surface area contributed by atoms with Crippen molar-refractivity contribution in [3.63, 3.8) is 0 Å². The van der Waals surface area contributed by atoms with Gasteiger partial charge in [0.05, 0.1) is 29.4 Å². The predicted molar refractivity (Wildman–Crippen MR) is 133 cm³/mol. The lowest BCUT2D eigenvalue weighted by atomic mass is 10.1. The first-order valence-electron chi connectivity index (χ1n) is 11.9. The Labute approximate surface area is 206 Å². The fraction of sp³-hybridized carbons (Fsp3) is 0.276. The molecule has 0 heterocycles. The molecular weight excluding hydrogens is 442 g/mol. The zero-order chi connectivity index (χ0) is 24.9. The molecule has 0 aliphatic rings. The second-order valence-electron chi connectivity index (χ2n) is 8.08. The summed E-state index contributed by atoms with van der Waals surface area (Å²) in [6, 6.07) is 21.2. The van der Waals surface area contributed by atoms with Gasteiger partial charge in [-0.3, -0.25) is 0 Å². The van der Waals surface area contributed by atoms with Crippen molar-refractivity contribution in [2.45, 2.75) is 45.4 Å². The molecule has 0 saturated carbocycles. The number of ether oxygens (including phenoxy) is 3. The van der Waals surface area contributed by atoms with Gasteiger partial charge in [-0.2, -0.15) is 5.26 Å². The van der Waals surface area contributed by atoms with E-state index in [1.54, 1.807) is 36.4 Å². The molecule has 35 heavy (non-hydrogen) atoms. The second kappa shape index (κ2) is 13.6. The third-order valence-corrected chi connectivity index (χ3v) is 5.35. The maximum Gasteiger partial charge on any atom is 0.343 e. The van der Waals surface area contributed by atoms with Crippen molar-refractivity contribution < 1.29 is 23.8 Å². The molecule has 180 valence electrons. The van der Waals surface area contributed by atoms with Crippen LogP contribution in [0.4, 0.5) is 0 Å². The van der Waals surface area contributed by atoms with Crippen LogP contribution in [-0.4, -0.2) is 18.5 Å². The Morgan fingerprint density at radius 3 is 1.66 bits per heavy atom. The van der Waals surface area contributed by atoms with E-state index in [1.165, 1.54) is 68.5 Å². The van der Waals surface area contributed by atoms with Crippen LogP contribution in [0, 0.1) is 11.3 Å². The first-order valence-corrected chi connectivity index (χ1v) is 11.9. The Morgan fingerprint density at radius 2 is 1.11 bits per heavy atom. The maximum atomic E-state index is 12.4. The van der Waals surface area contributed by atoms with Gasteiger partial charge in [0, 0.05) is 0 Å². The van der Waals surface area contributed by atoms with E-state index in [0.717, 1.165) is 12.2 Å². The first-order chi connectivity index (χ1) is 17.1. The van der Waals surface area contributed by atoms with Gasteiger partial charge in [0.1, 0.15) is 17.2 Å². The van der Waals surface area contributed by atoms with E-state index < -0.39 is 11.9 Å². The highest BCUT2D eigenvalue weighted by atomic mass is 16.5. The summed E-state index contributed by atoms with van der Waals surface area (Å²) >= 11 is 0. The van der Waals surface area contributed by atoms with Gasteiger partial charge in [-0.05, 0) is 79.2 Å². The lowest BCUT2D eigenvalue weighted by Gasteiger charge is -2.08. The molecule has 0 saturated heterocycles. The fourth-order valence-corrected chi connectivity index (χ4v) is 3.35. The predicted octanol–water partition coefficient (Wildman–Crippen LogP) is 6.74. The Kier molecular flexibility index (Phi) is 9.89. The standard InChI is InChI=1S/C29H29NO5/c1-2-3-4-5-6-7-20-33-25-16-18-27(19-17-25)35-29(32)24-12-14-26(15-13-24)34-28(31)23-10-8-22(21-30)9-11-23/h8-19H,2-7,20H2,1H3. The molecule has 0 spiro atoms. The molecule has 0 radical (unpaired) electrons. The number of carbonyl (C=O) groups excluding carboxylic acids is 2. The summed E-state index contributed by atoms with van der Waals surface area (Å²) < 4.78 is 16.5. The number of rotatable bonds is 12. The minimum atomic E-state index is -0.552. The van der Waals surface area contributed by atoms with Gasteiger partial charge >= 0.3 is 11.9 Å².